The molecule has 0 saturated heterocycles. The fraction of sp³-hybridized carbons (Fsp3) is 0.114. The van der Waals surface area contributed by atoms with Crippen molar-refractivity contribution in [3.8, 4) is 0 Å². The molecule has 0 spiro atoms. The lowest BCUT2D eigenvalue weighted by molar-refractivity contribution is 0.590. The number of para-hydroxylation sites is 1. The highest BCUT2D eigenvalue weighted by molar-refractivity contribution is 7.26. The van der Waals surface area contributed by atoms with E-state index in [-0.39, 0.29) is 17.5 Å². The van der Waals surface area contributed by atoms with E-state index in [1.807, 2.05) is 17.4 Å². The van der Waals surface area contributed by atoms with Crippen molar-refractivity contribution >= 4 is 149 Å². The molecule has 0 amide bonds. The molecule has 0 saturated carbocycles. The Morgan fingerprint density at radius 3 is 1.70 bits per heavy atom. The quantitative estimate of drug-likeness (QED) is 0.127. The number of nitrogens with zero attached hydrogens (tertiary/aromatic N) is 3. The summed E-state index contributed by atoms with van der Waals surface area (Å²) in [6, 6.07) is 82.0. The molecular formula is C70H54BN3OS. The molecule has 2 aliphatic heterocycles. The van der Waals surface area contributed by atoms with Crippen LogP contribution < -0.4 is 31.1 Å². The van der Waals surface area contributed by atoms with Crippen LogP contribution in [0.4, 0.5) is 51.2 Å². The molecule has 76 heavy (non-hydrogen) atoms. The average molecular weight is 996 g/mol. The van der Waals surface area contributed by atoms with Gasteiger partial charge in [0.25, 0.3) is 6.71 Å². The second-order valence-electron chi connectivity index (χ2n) is 22.9. The highest BCUT2D eigenvalue weighted by Crippen LogP contribution is 2.50. The second-order valence-corrected chi connectivity index (χ2v) is 24.0. The predicted octanol–water partition coefficient (Wildman–Crippen LogP) is 18.4. The van der Waals surface area contributed by atoms with E-state index in [1.54, 1.807) is 0 Å². The van der Waals surface area contributed by atoms with Crippen LogP contribution >= 0.6 is 11.3 Å². The summed E-state index contributed by atoms with van der Waals surface area (Å²) in [6.07, 6.45) is 0. The fourth-order valence-electron chi connectivity index (χ4n) is 12.6. The summed E-state index contributed by atoms with van der Waals surface area (Å²) in [5, 5.41) is 9.70. The van der Waals surface area contributed by atoms with Gasteiger partial charge in [0.05, 0.1) is 5.69 Å². The topological polar surface area (TPSA) is 22.9 Å². The molecule has 15 rings (SSSR count). The van der Waals surface area contributed by atoms with Crippen LogP contribution in [0.1, 0.15) is 52.7 Å². The maximum atomic E-state index is 6.44. The molecule has 4 nitrogen and oxygen atoms in total. The Kier molecular flexibility index (Phi) is 9.72. The molecule has 0 radical (unpaired) electrons. The zero-order valence-electron chi connectivity index (χ0n) is 43.5. The van der Waals surface area contributed by atoms with E-state index in [4.69, 9.17) is 4.42 Å². The zero-order chi connectivity index (χ0) is 51.2. The Morgan fingerprint density at radius 1 is 0.408 bits per heavy atom. The third kappa shape index (κ3) is 6.83. The van der Waals surface area contributed by atoms with E-state index in [9.17, 15) is 0 Å². The van der Waals surface area contributed by atoms with Crippen LogP contribution in [-0.4, -0.2) is 6.71 Å². The fourth-order valence-corrected chi connectivity index (χ4v) is 13.7. The molecule has 4 heterocycles. The van der Waals surface area contributed by atoms with Crippen molar-refractivity contribution in [2.45, 2.75) is 52.4 Å². The van der Waals surface area contributed by atoms with Gasteiger partial charge >= 0.3 is 0 Å². The average Bonchev–Trinajstić information content (AvgIpc) is 4.15. The number of rotatable bonds is 5. The minimum Gasteiger partial charge on any atom is -0.456 e. The Bertz CT molecular complexity index is 4520. The Balaban J connectivity index is 1.01. The molecular weight excluding hydrogens is 942 g/mol. The van der Waals surface area contributed by atoms with Crippen LogP contribution in [0.5, 0.6) is 0 Å². The van der Waals surface area contributed by atoms with E-state index < -0.39 is 0 Å². The smallest absolute Gasteiger partial charge is 0.252 e. The number of furan rings is 1. The molecule has 6 heteroatoms. The molecule has 0 unspecified atom stereocenters. The predicted molar refractivity (Wildman–Crippen MR) is 328 cm³/mol. The van der Waals surface area contributed by atoms with Gasteiger partial charge in [-0.15, -0.1) is 11.3 Å². The summed E-state index contributed by atoms with van der Waals surface area (Å²) < 4.78 is 9.04. The maximum absolute atomic E-state index is 6.44. The lowest BCUT2D eigenvalue weighted by Crippen LogP contribution is -2.61. The van der Waals surface area contributed by atoms with E-state index in [0.717, 1.165) is 56.1 Å². The van der Waals surface area contributed by atoms with Gasteiger partial charge in [-0.1, -0.05) is 163 Å². The van der Waals surface area contributed by atoms with Crippen LogP contribution in [0.25, 0.3) is 63.7 Å². The van der Waals surface area contributed by atoms with Crippen molar-refractivity contribution in [2.75, 3.05) is 14.7 Å². The van der Waals surface area contributed by atoms with Gasteiger partial charge in [-0.3, -0.25) is 0 Å². The zero-order valence-corrected chi connectivity index (χ0v) is 44.3. The number of fused-ring (bicyclic) bond motifs is 14. The standard InChI is InChI=1S/C70H54BN3OS/c1-69(2,3)45-25-30-47(31-26-45)73-59-18-13-19-60-67(59)71(58-37-39-65-66(54-17-10-12-21-64(54)76-65)68(58)74(60)48-32-27-46(28-33-48)70(4,5)6)57-36-34-51(42-61(57)73)72(50-35-38-63-56(41-50)53-16-9-11-20-62(53)75-63)49-29-24-44-23-22-43-14-7-8-15-52(43)55(44)40-49/h7-42H,1-6H3. The van der Waals surface area contributed by atoms with Crippen molar-refractivity contribution in [1.82, 2.24) is 0 Å². The third-order valence-corrected chi connectivity index (χ3v) is 17.5. The van der Waals surface area contributed by atoms with Crippen molar-refractivity contribution in [3.05, 3.63) is 230 Å². The summed E-state index contributed by atoms with van der Waals surface area (Å²) in [5.74, 6) is 0. The molecule has 13 aromatic rings. The Labute approximate surface area is 447 Å². The van der Waals surface area contributed by atoms with Crippen molar-refractivity contribution < 1.29 is 4.42 Å². The minimum atomic E-state index is -0.0577. The summed E-state index contributed by atoms with van der Waals surface area (Å²) in [5.41, 5.74) is 18.6. The summed E-state index contributed by atoms with van der Waals surface area (Å²) >= 11 is 1.89. The lowest BCUT2D eigenvalue weighted by Gasteiger charge is -2.44. The SMILES string of the molecule is CC(C)(C)c1ccc(N2c3cc(N(c4ccc5ccc6ccccc6c5c4)c4ccc5oc6ccccc6c5c4)ccc3B3c4ccc5sc6ccccc6c5c4N(c4ccc(C(C)(C)C)cc4)c4cccc2c43)cc1. The monoisotopic (exact) mass is 995 g/mol. The highest BCUT2D eigenvalue weighted by Gasteiger charge is 2.44. The minimum absolute atomic E-state index is 0.000474. The first-order valence-electron chi connectivity index (χ1n) is 26.6. The van der Waals surface area contributed by atoms with Gasteiger partial charge in [0, 0.05) is 76.4 Å². The largest absolute Gasteiger partial charge is 0.456 e. The molecule has 0 bridgehead atoms. The van der Waals surface area contributed by atoms with Crippen LogP contribution in [0, 0.1) is 0 Å². The molecule has 2 aliphatic rings. The summed E-state index contributed by atoms with van der Waals surface area (Å²) in [7, 11) is 0. The van der Waals surface area contributed by atoms with Gasteiger partial charge in [0.2, 0.25) is 0 Å². The van der Waals surface area contributed by atoms with Gasteiger partial charge in [-0.05, 0) is 157 Å². The Hall–Kier alpha value is -8.58. The number of hydrogen-bond donors (Lipinski definition) is 0. The summed E-state index contributed by atoms with van der Waals surface area (Å²) in [6.45, 7) is 13.7. The van der Waals surface area contributed by atoms with Gasteiger partial charge in [0.15, 0.2) is 0 Å². The second kappa shape index (κ2) is 16.5. The third-order valence-electron chi connectivity index (χ3n) is 16.3. The highest BCUT2D eigenvalue weighted by atomic mass is 32.1. The summed E-state index contributed by atoms with van der Waals surface area (Å²) in [4.78, 5) is 7.58. The first-order chi connectivity index (χ1) is 36.9. The van der Waals surface area contributed by atoms with Gasteiger partial charge < -0.3 is 19.1 Å². The van der Waals surface area contributed by atoms with Crippen LogP contribution in [0.15, 0.2) is 223 Å². The Morgan fingerprint density at radius 2 is 0.961 bits per heavy atom. The van der Waals surface area contributed by atoms with Gasteiger partial charge in [-0.25, -0.2) is 0 Å². The van der Waals surface area contributed by atoms with Crippen LogP contribution in [-0.2, 0) is 10.8 Å². The van der Waals surface area contributed by atoms with Crippen LogP contribution in [0.3, 0.4) is 0 Å². The van der Waals surface area contributed by atoms with Crippen molar-refractivity contribution in [1.29, 1.82) is 0 Å². The number of benzene rings is 11. The molecule has 11 aromatic carbocycles. The van der Waals surface area contributed by atoms with E-state index in [1.165, 1.54) is 86.3 Å². The maximum Gasteiger partial charge on any atom is 0.252 e. The number of hydrogen-bond acceptors (Lipinski definition) is 5. The van der Waals surface area contributed by atoms with Gasteiger partial charge in [0.1, 0.15) is 11.2 Å². The van der Waals surface area contributed by atoms with Crippen molar-refractivity contribution in [3.63, 3.8) is 0 Å². The lowest BCUT2D eigenvalue weighted by atomic mass is 9.33. The molecule has 0 fully saturated rings. The van der Waals surface area contributed by atoms with Crippen LogP contribution in [0.2, 0.25) is 0 Å². The number of thiophene rings is 1. The first kappa shape index (κ1) is 44.9. The number of anilines is 9. The van der Waals surface area contributed by atoms with Crippen molar-refractivity contribution in [2.24, 2.45) is 0 Å². The van der Waals surface area contributed by atoms with E-state index in [2.05, 4.69) is 269 Å². The first-order valence-corrected chi connectivity index (χ1v) is 27.4. The molecule has 2 aromatic heterocycles. The normalized spacial score (nSPS) is 13.3. The molecule has 0 atom stereocenters. The molecule has 364 valence electrons. The molecule has 0 aliphatic carbocycles. The van der Waals surface area contributed by atoms with E-state index >= 15 is 0 Å². The van der Waals surface area contributed by atoms with E-state index in [0.29, 0.717) is 0 Å². The molecule has 0 N–H and O–H groups in total. The van der Waals surface area contributed by atoms with Gasteiger partial charge in [-0.2, -0.15) is 0 Å².